The molecule has 2 saturated heterocycles. The quantitative estimate of drug-likeness (QED) is 0.856. The molecule has 1 aromatic heterocycles. The van der Waals surface area contributed by atoms with Gasteiger partial charge in [-0.3, -0.25) is 4.79 Å². The molecule has 0 radical (unpaired) electrons. The van der Waals surface area contributed by atoms with Gasteiger partial charge in [-0.2, -0.15) is 4.98 Å². The summed E-state index contributed by atoms with van der Waals surface area (Å²) in [6.07, 6.45) is 5.43. The molecule has 0 bridgehead atoms. The van der Waals surface area contributed by atoms with Crippen LogP contribution in [-0.2, 0) is 9.53 Å². The van der Waals surface area contributed by atoms with Crippen molar-refractivity contribution in [3.05, 3.63) is 12.3 Å². The Kier molecular flexibility index (Phi) is 5.27. The smallest absolute Gasteiger partial charge is 0.224 e. The molecular formula is C16H25N5O2. The minimum Gasteiger partial charge on any atom is -0.379 e. The van der Waals surface area contributed by atoms with Gasteiger partial charge in [-0.15, -0.1) is 0 Å². The second-order valence-electron chi connectivity index (χ2n) is 6.15. The van der Waals surface area contributed by atoms with Crippen molar-refractivity contribution in [3.8, 4) is 0 Å². The van der Waals surface area contributed by atoms with Crippen LogP contribution in [0.1, 0.15) is 32.6 Å². The number of anilines is 2. The summed E-state index contributed by atoms with van der Waals surface area (Å²) in [5.41, 5.74) is 0. The lowest BCUT2D eigenvalue weighted by Gasteiger charge is -2.23. The molecule has 0 saturated carbocycles. The zero-order valence-electron chi connectivity index (χ0n) is 13.6. The van der Waals surface area contributed by atoms with E-state index in [9.17, 15) is 4.79 Å². The molecule has 2 fully saturated rings. The predicted octanol–water partition coefficient (Wildman–Crippen LogP) is 1.49. The number of hydrogen-bond donors (Lipinski definition) is 2. The third kappa shape index (κ3) is 4.31. The summed E-state index contributed by atoms with van der Waals surface area (Å²) < 4.78 is 5.48. The Bertz CT molecular complexity index is 533. The first kappa shape index (κ1) is 16.0. The molecule has 0 aliphatic carbocycles. The fourth-order valence-electron chi connectivity index (χ4n) is 3.08. The molecule has 23 heavy (non-hydrogen) atoms. The lowest BCUT2D eigenvalue weighted by atomic mass is 10.1. The van der Waals surface area contributed by atoms with Crippen molar-refractivity contribution in [2.45, 2.75) is 44.7 Å². The van der Waals surface area contributed by atoms with Gasteiger partial charge in [0, 0.05) is 38.4 Å². The van der Waals surface area contributed by atoms with Gasteiger partial charge in [0.25, 0.3) is 0 Å². The van der Waals surface area contributed by atoms with E-state index in [1.54, 1.807) is 6.20 Å². The highest BCUT2D eigenvalue weighted by molar-refractivity contribution is 5.76. The molecule has 0 aromatic carbocycles. The van der Waals surface area contributed by atoms with Crippen molar-refractivity contribution < 1.29 is 9.53 Å². The van der Waals surface area contributed by atoms with Gasteiger partial charge in [0.05, 0.1) is 12.6 Å². The molecule has 7 nitrogen and oxygen atoms in total. The van der Waals surface area contributed by atoms with Gasteiger partial charge in [0.15, 0.2) is 0 Å². The Morgan fingerprint density at radius 2 is 2.30 bits per heavy atom. The molecular weight excluding hydrogens is 294 g/mol. The van der Waals surface area contributed by atoms with Crippen molar-refractivity contribution in [2.75, 3.05) is 36.9 Å². The summed E-state index contributed by atoms with van der Waals surface area (Å²) in [6.45, 7) is 5.01. The van der Waals surface area contributed by atoms with Crippen molar-refractivity contribution in [1.82, 2.24) is 14.9 Å². The van der Waals surface area contributed by atoms with Gasteiger partial charge in [0.1, 0.15) is 5.82 Å². The highest BCUT2D eigenvalue weighted by atomic mass is 16.5. The molecule has 126 valence electrons. The number of likely N-dealkylation sites (tertiary alicyclic amines) is 1. The maximum atomic E-state index is 11.7. The first-order chi connectivity index (χ1) is 11.2. The molecule has 0 unspecified atom stereocenters. The van der Waals surface area contributed by atoms with Gasteiger partial charge >= 0.3 is 0 Å². The van der Waals surface area contributed by atoms with Crippen LogP contribution in [-0.4, -0.2) is 59.2 Å². The normalized spacial score (nSPS) is 24.5. The molecule has 2 atom stereocenters. The van der Waals surface area contributed by atoms with Gasteiger partial charge in [0.2, 0.25) is 11.9 Å². The first-order valence-corrected chi connectivity index (χ1v) is 8.46. The van der Waals surface area contributed by atoms with Crippen LogP contribution in [0, 0.1) is 0 Å². The van der Waals surface area contributed by atoms with Crippen LogP contribution >= 0.6 is 0 Å². The van der Waals surface area contributed by atoms with E-state index in [4.69, 9.17) is 4.74 Å². The summed E-state index contributed by atoms with van der Waals surface area (Å²) in [4.78, 5) is 22.5. The SMILES string of the molecule is CCC(=O)N1CC[C@H](Nc2nccc(N[C@@H]3CCCOC3)n2)C1. The van der Waals surface area contributed by atoms with E-state index in [2.05, 4.69) is 20.6 Å². The van der Waals surface area contributed by atoms with Gasteiger partial charge in [-0.05, 0) is 25.3 Å². The van der Waals surface area contributed by atoms with E-state index in [1.165, 1.54) is 0 Å². The van der Waals surface area contributed by atoms with E-state index >= 15 is 0 Å². The fourth-order valence-corrected chi connectivity index (χ4v) is 3.08. The number of aromatic nitrogens is 2. The van der Waals surface area contributed by atoms with E-state index in [0.29, 0.717) is 18.4 Å². The Balaban J connectivity index is 1.54. The minimum atomic E-state index is 0.211. The monoisotopic (exact) mass is 319 g/mol. The Hall–Kier alpha value is -1.89. The second kappa shape index (κ2) is 7.59. The summed E-state index contributed by atoms with van der Waals surface area (Å²) in [5, 5.41) is 6.74. The first-order valence-electron chi connectivity index (χ1n) is 8.46. The topological polar surface area (TPSA) is 79.4 Å². The highest BCUT2D eigenvalue weighted by Crippen LogP contribution is 2.17. The average molecular weight is 319 g/mol. The number of ether oxygens (including phenoxy) is 1. The van der Waals surface area contributed by atoms with Gasteiger partial charge < -0.3 is 20.3 Å². The zero-order chi connectivity index (χ0) is 16.1. The Labute approximate surface area is 136 Å². The van der Waals surface area contributed by atoms with Crippen molar-refractivity contribution in [2.24, 2.45) is 0 Å². The molecule has 2 aliphatic rings. The van der Waals surface area contributed by atoms with Crippen LogP contribution in [0.4, 0.5) is 11.8 Å². The van der Waals surface area contributed by atoms with Crippen LogP contribution in [0.5, 0.6) is 0 Å². The average Bonchev–Trinajstić information content (AvgIpc) is 3.04. The number of amides is 1. The summed E-state index contributed by atoms with van der Waals surface area (Å²) in [7, 11) is 0. The lowest BCUT2D eigenvalue weighted by Crippen LogP contribution is -2.32. The predicted molar refractivity (Wildman–Crippen MR) is 88.4 cm³/mol. The van der Waals surface area contributed by atoms with E-state index < -0.39 is 0 Å². The number of carbonyl (C=O) groups excluding carboxylic acids is 1. The second-order valence-corrected chi connectivity index (χ2v) is 6.15. The zero-order valence-corrected chi connectivity index (χ0v) is 13.6. The summed E-state index contributed by atoms with van der Waals surface area (Å²) in [5.74, 6) is 1.64. The molecule has 1 amide bonds. The largest absolute Gasteiger partial charge is 0.379 e. The third-order valence-electron chi connectivity index (χ3n) is 4.34. The molecule has 3 rings (SSSR count). The minimum absolute atomic E-state index is 0.211. The van der Waals surface area contributed by atoms with Crippen LogP contribution in [0.3, 0.4) is 0 Å². The number of hydrogen-bond acceptors (Lipinski definition) is 6. The molecule has 2 N–H and O–H groups in total. The van der Waals surface area contributed by atoms with Gasteiger partial charge in [-0.1, -0.05) is 6.92 Å². The van der Waals surface area contributed by atoms with Crippen LogP contribution in [0.2, 0.25) is 0 Å². The van der Waals surface area contributed by atoms with Crippen LogP contribution in [0.15, 0.2) is 12.3 Å². The van der Waals surface area contributed by atoms with Gasteiger partial charge in [-0.25, -0.2) is 4.98 Å². The maximum Gasteiger partial charge on any atom is 0.224 e. The van der Waals surface area contributed by atoms with Crippen LogP contribution < -0.4 is 10.6 Å². The lowest BCUT2D eigenvalue weighted by molar-refractivity contribution is -0.129. The standard InChI is InChI=1S/C16H25N5O2/c1-2-15(22)21-8-6-12(10-21)19-16-17-7-5-14(20-16)18-13-4-3-9-23-11-13/h5,7,12-13H,2-4,6,8-11H2,1H3,(H2,17,18,19,20)/t12-,13+/m0/s1. The highest BCUT2D eigenvalue weighted by Gasteiger charge is 2.25. The molecule has 1 aromatic rings. The maximum absolute atomic E-state index is 11.7. The van der Waals surface area contributed by atoms with Crippen LogP contribution in [0.25, 0.3) is 0 Å². The third-order valence-corrected chi connectivity index (χ3v) is 4.34. The molecule has 3 heterocycles. The Morgan fingerprint density at radius 3 is 3.09 bits per heavy atom. The van der Waals surface area contributed by atoms with Crippen molar-refractivity contribution >= 4 is 17.7 Å². The Morgan fingerprint density at radius 1 is 1.39 bits per heavy atom. The van der Waals surface area contributed by atoms with Crippen molar-refractivity contribution in [1.29, 1.82) is 0 Å². The molecule has 7 heteroatoms. The summed E-state index contributed by atoms with van der Waals surface area (Å²) in [6, 6.07) is 2.41. The fraction of sp³-hybridized carbons (Fsp3) is 0.688. The van der Waals surface area contributed by atoms with Crippen molar-refractivity contribution in [3.63, 3.8) is 0 Å². The number of nitrogens with one attached hydrogen (secondary N) is 2. The van der Waals surface area contributed by atoms with E-state index in [1.807, 2.05) is 17.9 Å². The molecule has 2 aliphatic heterocycles. The van der Waals surface area contributed by atoms with E-state index in [-0.39, 0.29) is 11.9 Å². The number of nitrogens with zero attached hydrogens (tertiary/aromatic N) is 3. The number of rotatable bonds is 5. The summed E-state index contributed by atoms with van der Waals surface area (Å²) >= 11 is 0. The molecule has 0 spiro atoms. The number of carbonyl (C=O) groups is 1. The van der Waals surface area contributed by atoms with E-state index in [0.717, 1.165) is 51.4 Å².